The van der Waals surface area contributed by atoms with E-state index < -0.39 is 5.97 Å². The van der Waals surface area contributed by atoms with E-state index in [1.807, 2.05) is 0 Å². The third-order valence-corrected chi connectivity index (χ3v) is 1.26. The maximum absolute atomic E-state index is 9.51. The van der Waals surface area contributed by atoms with Crippen molar-refractivity contribution in [1.82, 2.24) is 0 Å². The Labute approximate surface area is 76.5 Å². The van der Waals surface area contributed by atoms with Crippen molar-refractivity contribution < 1.29 is 24.8 Å². The summed E-state index contributed by atoms with van der Waals surface area (Å²) in [6, 6.07) is 0. The second-order valence-corrected chi connectivity index (χ2v) is 2.46. The smallest absolute Gasteiger partial charge is 0.327 e. The SMILES string of the molecule is CC=CC(=O)O.OCC1COOC1. The molecule has 1 aliphatic heterocycles. The minimum absolute atomic E-state index is 0.167. The van der Waals surface area contributed by atoms with E-state index in [2.05, 4.69) is 9.78 Å². The second-order valence-electron chi connectivity index (χ2n) is 2.46. The summed E-state index contributed by atoms with van der Waals surface area (Å²) in [7, 11) is 0. The molecule has 0 aromatic carbocycles. The van der Waals surface area contributed by atoms with Crippen LogP contribution in [0.2, 0.25) is 0 Å². The maximum Gasteiger partial charge on any atom is 0.327 e. The van der Waals surface area contributed by atoms with Crippen molar-refractivity contribution in [2.45, 2.75) is 6.92 Å². The number of rotatable bonds is 2. The zero-order valence-electron chi connectivity index (χ0n) is 7.47. The van der Waals surface area contributed by atoms with Gasteiger partial charge in [0, 0.05) is 12.0 Å². The number of aliphatic carboxylic acids is 1. The van der Waals surface area contributed by atoms with Crippen LogP contribution in [-0.4, -0.2) is 36.0 Å². The summed E-state index contributed by atoms with van der Waals surface area (Å²) in [5, 5.41) is 16.2. The van der Waals surface area contributed by atoms with Gasteiger partial charge in [0.2, 0.25) is 0 Å². The highest BCUT2D eigenvalue weighted by Crippen LogP contribution is 2.04. The van der Waals surface area contributed by atoms with E-state index in [0.29, 0.717) is 13.2 Å². The molecular formula is C8H14O5. The van der Waals surface area contributed by atoms with Crippen molar-refractivity contribution in [2.75, 3.05) is 19.8 Å². The Balaban J connectivity index is 0.000000226. The van der Waals surface area contributed by atoms with Crippen molar-refractivity contribution in [2.24, 2.45) is 5.92 Å². The average molecular weight is 190 g/mol. The quantitative estimate of drug-likeness (QED) is 0.480. The van der Waals surface area contributed by atoms with E-state index in [4.69, 9.17) is 10.2 Å². The molecule has 0 unspecified atom stereocenters. The van der Waals surface area contributed by atoms with E-state index in [9.17, 15) is 4.79 Å². The van der Waals surface area contributed by atoms with E-state index in [1.165, 1.54) is 6.08 Å². The van der Waals surface area contributed by atoms with E-state index in [0.717, 1.165) is 6.08 Å². The Bertz CT molecular complexity index is 160. The molecule has 0 atom stereocenters. The number of hydrogen-bond acceptors (Lipinski definition) is 4. The molecule has 0 aliphatic carbocycles. The van der Waals surface area contributed by atoms with Crippen LogP contribution in [0.3, 0.4) is 0 Å². The lowest BCUT2D eigenvalue weighted by Crippen LogP contribution is -2.07. The largest absolute Gasteiger partial charge is 0.478 e. The molecule has 13 heavy (non-hydrogen) atoms. The lowest BCUT2D eigenvalue weighted by atomic mass is 10.2. The molecule has 1 aliphatic rings. The summed E-state index contributed by atoms with van der Waals surface area (Å²) < 4.78 is 0. The first kappa shape index (κ1) is 12.1. The van der Waals surface area contributed by atoms with Gasteiger partial charge in [-0.1, -0.05) is 6.08 Å². The summed E-state index contributed by atoms with van der Waals surface area (Å²) >= 11 is 0. The molecule has 0 aromatic rings. The van der Waals surface area contributed by atoms with E-state index >= 15 is 0 Å². The monoisotopic (exact) mass is 190 g/mol. The van der Waals surface area contributed by atoms with Gasteiger partial charge in [-0.2, -0.15) is 0 Å². The van der Waals surface area contributed by atoms with Crippen LogP contribution in [0.25, 0.3) is 0 Å². The van der Waals surface area contributed by atoms with Crippen LogP contribution < -0.4 is 0 Å². The molecule has 76 valence electrons. The molecule has 1 saturated heterocycles. The predicted octanol–water partition coefficient (Wildman–Crippen LogP) is 0.204. The number of aliphatic hydroxyl groups excluding tert-OH is 1. The van der Waals surface area contributed by atoms with E-state index in [1.54, 1.807) is 6.92 Å². The van der Waals surface area contributed by atoms with Crippen molar-refractivity contribution in [3.8, 4) is 0 Å². The Morgan fingerprint density at radius 2 is 2.08 bits per heavy atom. The first-order valence-electron chi connectivity index (χ1n) is 3.91. The highest BCUT2D eigenvalue weighted by Gasteiger charge is 2.14. The topological polar surface area (TPSA) is 76.0 Å². The molecule has 1 heterocycles. The van der Waals surface area contributed by atoms with Crippen molar-refractivity contribution in [1.29, 1.82) is 0 Å². The van der Waals surface area contributed by atoms with Crippen molar-refractivity contribution in [3.63, 3.8) is 0 Å². The number of allylic oxidation sites excluding steroid dienone is 1. The summed E-state index contributed by atoms with van der Waals surface area (Å²) in [6.07, 6.45) is 2.56. The van der Waals surface area contributed by atoms with Gasteiger partial charge in [-0.25, -0.2) is 14.6 Å². The van der Waals surface area contributed by atoms with Gasteiger partial charge < -0.3 is 10.2 Å². The Morgan fingerprint density at radius 1 is 1.54 bits per heavy atom. The summed E-state index contributed by atoms with van der Waals surface area (Å²) in [4.78, 5) is 18.5. The molecule has 0 bridgehead atoms. The van der Waals surface area contributed by atoms with Gasteiger partial charge in [0.1, 0.15) is 0 Å². The minimum atomic E-state index is -0.891. The highest BCUT2D eigenvalue weighted by molar-refractivity contribution is 5.79. The summed E-state index contributed by atoms with van der Waals surface area (Å²) in [5.74, 6) is -0.683. The highest BCUT2D eigenvalue weighted by atomic mass is 17.2. The number of carboxylic acids is 1. The summed E-state index contributed by atoms with van der Waals surface area (Å²) in [5.41, 5.74) is 0. The number of carbonyl (C=O) groups is 1. The van der Waals surface area contributed by atoms with Crippen LogP contribution in [0, 0.1) is 5.92 Å². The number of hydrogen-bond donors (Lipinski definition) is 2. The fourth-order valence-corrected chi connectivity index (χ4v) is 0.585. The normalized spacial score (nSPS) is 17.1. The second kappa shape index (κ2) is 7.72. The molecule has 0 aromatic heterocycles. The zero-order valence-corrected chi connectivity index (χ0v) is 7.47. The lowest BCUT2D eigenvalue weighted by Gasteiger charge is -1.93. The first-order chi connectivity index (χ1) is 6.20. The molecule has 0 saturated carbocycles. The first-order valence-corrected chi connectivity index (χ1v) is 3.91. The lowest BCUT2D eigenvalue weighted by molar-refractivity contribution is -0.248. The fourth-order valence-electron chi connectivity index (χ4n) is 0.585. The Kier molecular flexibility index (Phi) is 7.18. The molecule has 0 radical (unpaired) electrons. The zero-order chi connectivity index (χ0) is 10.1. The van der Waals surface area contributed by atoms with Crippen LogP contribution in [0.5, 0.6) is 0 Å². The van der Waals surface area contributed by atoms with Gasteiger partial charge in [-0.3, -0.25) is 0 Å². The molecule has 5 nitrogen and oxygen atoms in total. The van der Waals surface area contributed by atoms with E-state index in [-0.39, 0.29) is 12.5 Å². The van der Waals surface area contributed by atoms with Crippen molar-refractivity contribution >= 4 is 5.97 Å². The molecule has 2 N–H and O–H groups in total. The molecular weight excluding hydrogens is 176 g/mol. The standard InChI is InChI=1S/C4H8O3.C4H6O2/c5-1-4-2-6-7-3-4;1-2-3-4(5)6/h4-5H,1-3H2;2-3H,1H3,(H,5,6). The average Bonchev–Trinajstić information content (AvgIpc) is 2.56. The van der Waals surface area contributed by atoms with Crippen LogP contribution >= 0.6 is 0 Å². The van der Waals surface area contributed by atoms with Crippen LogP contribution in [0.1, 0.15) is 6.92 Å². The third kappa shape index (κ3) is 7.45. The van der Waals surface area contributed by atoms with Gasteiger partial charge in [-0.05, 0) is 6.92 Å². The van der Waals surface area contributed by atoms with Gasteiger partial charge in [0.15, 0.2) is 0 Å². The number of aliphatic hydroxyl groups is 1. The molecule has 0 spiro atoms. The van der Waals surface area contributed by atoms with Gasteiger partial charge in [-0.15, -0.1) is 0 Å². The maximum atomic E-state index is 9.51. The van der Waals surface area contributed by atoms with Gasteiger partial charge in [0.05, 0.1) is 19.8 Å². The van der Waals surface area contributed by atoms with Crippen LogP contribution in [0.4, 0.5) is 0 Å². The fraction of sp³-hybridized carbons (Fsp3) is 0.625. The Morgan fingerprint density at radius 3 is 2.23 bits per heavy atom. The molecule has 1 rings (SSSR count). The molecule has 0 amide bonds. The van der Waals surface area contributed by atoms with Crippen LogP contribution in [0.15, 0.2) is 12.2 Å². The minimum Gasteiger partial charge on any atom is -0.478 e. The van der Waals surface area contributed by atoms with Crippen molar-refractivity contribution in [3.05, 3.63) is 12.2 Å². The molecule has 1 fully saturated rings. The third-order valence-electron chi connectivity index (χ3n) is 1.26. The number of carboxylic acid groups (broad SMARTS) is 1. The van der Waals surface area contributed by atoms with Gasteiger partial charge >= 0.3 is 5.97 Å². The predicted molar refractivity (Wildman–Crippen MR) is 44.9 cm³/mol. The summed E-state index contributed by atoms with van der Waals surface area (Å²) in [6.45, 7) is 2.90. The Hall–Kier alpha value is -0.910. The van der Waals surface area contributed by atoms with Crippen LogP contribution in [-0.2, 0) is 14.6 Å². The molecule has 5 heteroatoms. The van der Waals surface area contributed by atoms with Gasteiger partial charge in [0.25, 0.3) is 0 Å².